The molecule has 5 heterocycles. The number of aryl methyl sites for hydroxylation is 2. The van der Waals surface area contributed by atoms with E-state index in [4.69, 9.17) is 18.9 Å². The topological polar surface area (TPSA) is 49.6 Å². The third-order valence-corrected chi connectivity index (χ3v) is 10.3. The Morgan fingerprint density at radius 2 is 1.45 bits per heavy atom. The highest BCUT2D eigenvalue weighted by Crippen LogP contribution is 2.56. The van der Waals surface area contributed by atoms with Crippen LogP contribution >= 0.6 is 0 Å². The van der Waals surface area contributed by atoms with E-state index in [1.807, 2.05) is 36.4 Å². The fourth-order valence-electron chi connectivity index (χ4n) is 8.50. The Morgan fingerprint density at radius 3 is 2.32 bits per heavy atom. The van der Waals surface area contributed by atoms with Gasteiger partial charge < -0.3 is 18.9 Å². The molecule has 7 nitrogen and oxygen atoms in total. The first-order valence-corrected chi connectivity index (χ1v) is 16.2. The van der Waals surface area contributed by atoms with Crippen molar-refractivity contribution in [1.29, 1.82) is 0 Å². The lowest BCUT2D eigenvalue weighted by molar-refractivity contribution is -0.999. The zero-order valence-electron chi connectivity index (χ0n) is 26.7. The quantitative estimate of drug-likeness (QED) is 0.150. The maximum absolute atomic E-state index is 6.68. The molecule has 7 heteroatoms. The summed E-state index contributed by atoms with van der Waals surface area (Å²) in [6.07, 6.45) is 2.10. The predicted molar refractivity (Wildman–Crippen MR) is 175 cm³/mol. The van der Waals surface area contributed by atoms with Crippen LogP contribution in [0.2, 0.25) is 0 Å². The molecule has 2 aromatic heterocycles. The fourth-order valence-corrected chi connectivity index (χ4v) is 8.50. The minimum atomic E-state index is -0.718. The molecule has 0 saturated carbocycles. The fraction of sp³-hybridized carbons (Fsp3) is 0.200. The molecule has 6 aromatic rings. The number of hydrogen-bond acceptors (Lipinski definition) is 4. The molecule has 1 unspecified atom stereocenters. The summed E-state index contributed by atoms with van der Waals surface area (Å²) in [6.45, 7) is 9.67. The second-order valence-electron chi connectivity index (χ2n) is 13.4. The van der Waals surface area contributed by atoms with Crippen LogP contribution in [0.4, 0.5) is 0 Å². The van der Waals surface area contributed by atoms with Crippen LogP contribution < -0.4 is 28.2 Å². The maximum Gasteiger partial charge on any atom is 0.452 e. The largest absolute Gasteiger partial charge is 0.490 e. The summed E-state index contributed by atoms with van der Waals surface area (Å²) >= 11 is 0. The van der Waals surface area contributed by atoms with Crippen LogP contribution in [0.25, 0.3) is 16.8 Å². The summed E-state index contributed by atoms with van der Waals surface area (Å²) in [5.41, 5.74) is 9.79. The minimum Gasteiger partial charge on any atom is -0.490 e. The van der Waals surface area contributed by atoms with E-state index in [9.17, 15) is 0 Å². The number of fused-ring (bicyclic) bond motifs is 6. The second-order valence-corrected chi connectivity index (χ2v) is 13.4. The number of pyridine rings is 1. The normalized spacial score (nSPS) is 17.7. The molecule has 0 amide bonds. The van der Waals surface area contributed by atoms with Crippen molar-refractivity contribution >= 4 is 0 Å². The molecule has 0 saturated heterocycles. The lowest BCUT2D eigenvalue weighted by atomic mass is 9.82. The molecule has 0 radical (unpaired) electrons. The van der Waals surface area contributed by atoms with Crippen molar-refractivity contribution in [2.75, 3.05) is 13.2 Å². The highest BCUT2D eigenvalue weighted by molar-refractivity contribution is 5.81. The van der Waals surface area contributed by atoms with Gasteiger partial charge in [0.15, 0.2) is 28.8 Å². The molecule has 1 aliphatic carbocycles. The van der Waals surface area contributed by atoms with E-state index >= 15 is 0 Å². The Morgan fingerprint density at radius 1 is 0.681 bits per heavy atom. The van der Waals surface area contributed by atoms with Gasteiger partial charge in [0, 0.05) is 36.6 Å². The van der Waals surface area contributed by atoms with E-state index in [0.717, 1.165) is 62.8 Å². The number of ether oxygens (including phenoxy) is 4. The van der Waals surface area contributed by atoms with Gasteiger partial charge in [-0.3, -0.25) is 0 Å². The van der Waals surface area contributed by atoms with E-state index in [1.165, 1.54) is 22.3 Å². The Balaban J connectivity index is 1.00. The summed E-state index contributed by atoms with van der Waals surface area (Å²) in [6, 6.07) is 33.6. The zero-order chi connectivity index (χ0) is 31.7. The summed E-state index contributed by atoms with van der Waals surface area (Å²) in [5, 5.41) is 0. The van der Waals surface area contributed by atoms with Crippen LogP contribution in [0.15, 0.2) is 103 Å². The molecule has 4 aromatic carbocycles. The molecular formula is C40H33N3O4+2. The number of rotatable bonds is 5. The lowest BCUT2D eigenvalue weighted by Gasteiger charge is -2.31. The molecule has 1 spiro atoms. The van der Waals surface area contributed by atoms with Gasteiger partial charge >= 0.3 is 11.5 Å². The van der Waals surface area contributed by atoms with Gasteiger partial charge in [0.25, 0.3) is 0 Å². The smallest absolute Gasteiger partial charge is 0.452 e. The Bertz CT molecular complexity index is 2340. The third kappa shape index (κ3) is 3.31. The van der Waals surface area contributed by atoms with Crippen molar-refractivity contribution in [2.45, 2.75) is 38.8 Å². The molecule has 10 rings (SSSR count). The maximum atomic E-state index is 6.68. The average molecular weight is 620 g/mol. The van der Waals surface area contributed by atoms with Crippen molar-refractivity contribution in [3.05, 3.63) is 137 Å². The molecule has 4 aliphatic rings. The summed E-state index contributed by atoms with van der Waals surface area (Å²) in [7, 11) is 0. The first-order valence-electron chi connectivity index (χ1n) is 16.2. The molecule has 3 aliphatic heterocycles. The van der Waals surface area contributed by atoms with Gasteiger partial charge in [-0.1, -0.05) is 54.8 Å². The Kier molecular flexibility index (Phi) is 5.12. The van der Waals surface area contributed by atoms with Gasteiger partial charge in [0.05, 0.1) is 11.8 Å². The minimum absolute atomic E-state index is 0.0700. The van der Waals surface area contributed by atoms with E-state index < -0.39 is 5.66 Å². The van der Waals surface area contributed by atoms with Gasteiger partial charge in [0.2, 0.25) is 5.69 Å². The van der Waals surface area contributed by atoms with Crippen LogP contribution in [0.1, 0.15) is 47.5 Å². The van der Waals surface area contributed by atoms with Crippen LogP contribution in [0.5, 0.6) is 34.6 Å². The van der Waals surface area contributed by atoms with Crippen molar-refractivity contribution < 1.29 is 28.2 Å². The molecular weight excluding hydrogens is 586 g/mol. The third-order valence-electron chi connectivity index (χ3n) is 10.3. The van der Waals surface area contributed by atoms with E-state index in [0.29, 0.717) is 13.2 Å². The standard InChI is InChI=1S/C40H33N3O4/c1-24-20-25(2)43-40-37-32(42(24)43)22-27(23-35(37)46-33-12-9-13-34(38(33)40)47-36-14-7-8-17-41(36)40)45-19-18-44-26-15-16-29-28-10-5-6-11-30(28)39(3,4)31(29)21-26/h5-17,20-23H,18-19H2,1-4H3/q+2. The molecule has 0 fully saturated rings. The van der Waals surface area contributed by atoms with Gasteiger partial charge in [-0.25, -0.2) is 0 Å². The van der Waals surface area contributed by atoms with E-state index in [-0.39, 0.29) is 5.41 Å². The predicted octanol–water partition coefficient (Wildman–Crippen LogP) is 7.26. The van der Waals surface area contributed by atoms with Crippen LogP contribution in [-0.4, -0.2) is 17.9 Å². The molecule has 230 valence electrons. The van der Waals surface area contributed by atoms with Gasteiger partial charge in [-0.05, 0) is 64.2 Å². The summed E-state index contributed by atoms with van der Waals surface area (Å²) in [5.74, 6) is 4.68. The van der Waals surface area contributed by atoms with E-state index in [1.54, 1.807) is 0 Å². The van der Waals surface area contributed by atoms with Crippen LogP contribution in [0, 0.1) is 13.8 Å². The van der Waals surface area contributed by atoms with Crippen LogP contribution in [-0.2, 0) is 11.1 Å². The van der Waals surface area contributed by atoms with Gasteiger partial charge in [-0.15, -0.1) is 4.68 Å². The Labute approximate surface area is 272 Å². The second kappa shape index (κ2) is 9.04. The molecule has 1 atom stereocenters. The number of nitrogens with zero attached hydrogens (tertiary/aromatic N) is 3. The Hall–Kier alpha value is -5.56. The summed E-state index contributed by atoms with van der Waals surface area (Å²) < 4.78 is 32.7. The van der Waals surface area contributed by atoms with Gasteiger partial charge in [0.1, 0.15) is 36.1 Å². The van der Waals surface area contributed by atoms with Gasteiger partial charge in [-0.2, -0.15) is 0 Å². The lowest BCUT2D eigenvalue weighted by Crippen LogP contribution is -2.76. The first kappa shape index (κ1) is 26.6. The SMILES string of the molecule is Cc1cc(C)[n+]2n1-c1cc(OCCOc3ccc4c(c3)C(C)(C)c3ccccc3-4)cc3c1C21c2c(cccc2Oc2cccc[n+]21)O3. The van der Waals surface area contributed by atoms with Crippen molar-refractivity contribution in [3.63, 3.8) is 0 Å². The summed E-state index contributed by atoms with van der Waals surface area (Å²) in [4.78, 5) is 0. The molecule has 0 bridgehead atoms. The highest BCUT2D eigenvalue weighted by Gasteiger charge is 2.72. The molecule has 47 heavy (non-hydrogen) atoms. The monoisotopic (exact) mass is 619 g/mol. The van der Waals surface area contributed by atoms with Crippen LogP contribution in [0.3, 0.4) is 0 Å². The average Bonchev–Trinajstić information content (AvgIpc) is 3.64. The number of hydrogen-bond donors (Lipinski definition) is 0. The van der Waals surface area contributed by atoms with E-state index in [2.05, 4.69) is 108 Å². The van der Waals surface area contributed by atoms with Crippen molar-refractivity contribution in [1.82, 2.24) is 4.68 Å². The molecule has 0 N–H and O–H groups in total. The van der Waals surface area contributed by atoms with Crippen molar-refractivity contribution in [3.8, 4) is 51.4 Å². The number of aromatic nitrogens is 3. The van der Waals surface area contributed by atoms with Crippen molar-refractivity contribution in [2.24, 2.45) is 0 Å². The zero-order valence-corrected chi connectivity index (χ0v) is 26.7. The highest BCUT2D eigenvalue weighted by atomic mass is 16.5. The first-order chi connectivity index (χ1) is 22.9. The number of benzene rings is 4.